The minimum absolute atomic E-state index is 0. The minimum Gasteiger partial charge on any atom is -0.497 e. The second-order valence-corrected chi connectivity index (χ2v) is 7.29. The first-order valence-corrected chi connectivity index (χ1v) is 9.97. The van der Waals surface area contributed by atoms with Crippen LogP contribution in [0.15, 0.2) is 48.5 Å². The van der Waals surface area contributed by atoms with Crippen molar-refractivity contribution < 1.29 is 14.3 Å². The number of nitrogens with one attached hydrogen (secondary N) is 2. The summed E-state index contributed by atoms with van der Waals surface area (Å²) in [6, 6.07) is 15.4. The molecule has 0 unspecified atom stereocenters. The van der Waals surface area contributed by atoms with Gasteiger partial charge in [-0.1, -0.05) is 24.3 Å². The maximum absolute atomic E-state index is 12.8. The van der Waals surface area contributed by atoms with Crippen molar-refractivity contribution in [3.8, 4) is 11.5 Å². The predicted octanol–water partition coefficient (Wildman–Crippen LogP) is 4.11. The number of hydrogen-bond acceptors (Lipinski definition) is 4. The Balaban J connectivity index is 0.00000300. The van der Waals surface area contributed by atoms with Crippen LogP contribution in [-0.4, -0.2) is 33.2 Å². The fourth-order valence-electron chi connectivity index (χ4n) is 3.74. The highest BCUT2D eigenvalue weighted by molar-refractivity contribution is 5.85. The number of piperidine rings is 1. The highest BCUT2D eigenvalue weighted by Gasteiger charge is 2.20. The summed E-state index contributed by atoms with van der Waals surface area (Å²) in [4.78, 5) is 12.8. The van der Waals surface area contributed by atoms with Crippen molar-refractivity contribution in [1.29, 1.82) is 0 Å². The van der Waals surface area contributed by atoms with E-state index in [0.717, 1.165) is 55.0 Å². The molecule has 2 aromatic rings. The number of methoxy groups -OCH3 is 2. The molecule has 2 N–H and O–H groups in total. The van der Waals surface area contributed by atoms with Crippen LogP contribution in [0.4, 0.5) is 0 Å². The van der Waals surface area contributed by atoms with Crippen LogP contribution < -0.4 is 20.1 Å². The van der Waals surface area contributed by atoms with Gasteiger partial charge in [0.1, 0.15) is 11.5 Å². The number of carbonyl (C=O) groups excluding carboxylic acids is 1. The van der Waals surface area contributed by atoms with E-state index in [2.05, 4.69) is 10.6 Å². The van der Waals surface area contributed by atoms with Crippen molar-refractivity contribution in [2.45, 2.75) is 31.7 Å². The zero-order valence-corrected chi connectivity index (χ0v) is 18.0. The monoisotopic (exact) mass is 418 g/mol. The Morgan fingerprint density at radius 1 is 1.03 bits per heavy atom. The summed E-state index contributed by atoms with van der Waals surface area (Å²) < 4.78 is 10.7. The maximum atomic E-state index is 12.8. The maximum Gasteiger partial charge on any atom is 0.220 e. The fraction of sp³-hybridized carbons (Fsp3) is 0.435. The lowest BCUT2D eigenvalue weighted by Crippen LogP contribution is -2.31. The third kappa shape index (κ3) is 6.65. The normalized spacial score (nSPS) is 14.2. The Labute approximate surface area is 179 Å². The molecule has 1 amide bonds. The van der Waals surface area contributed by atoms with Crippen molar-refractivity contribution in [1.82, 2.24) is 10.6 Å². The van der Waals surface area contributed by atoms with Crippen LogP contribution >= 0.6 is 12.4 Å². The van der Waals surface area contributed by atoms with Gasteiger partial charge in [0.05, 0.1) is 20.3 Å². The molecule has 1 aliphatic heterocycles. The SMILES string of the molecule is COc1cccc(C(NC(=O)CCC2CCNCC2)c2cccc(OC)c2)c1.Cl. The van der Waals surface area contributed by atoms with E-state index in [1.807, 2.05) is 48.5 Å². The molecule has 1 saturated heterocycles. The van der Waals surface area contributed by atoms with Crippen molar-refractivity contribution in [3.05, 3.63) is 59.7 Å². The Kier molecular flexibility index (Phi) is 9.29. The largest absolute Gasteiger partial charge is 0.497 e. The lowest BCUT2D eigenvalue weighted by Gasteiger charge is -2.24. The second-order valence-electron chi connectivity index (χ2n) is 7.29. The first-order chi connectivity index (χ1) is 13.7. The van der Waals surface area contributed by atoms with Crippen LogP contribution in [0.25, 0.3) is 0 Å². The summed E-state index contributed by atoms with van der Waals surface area (Å²) in [7, 11) is 3.30. The molecule has 0 spiro atoms. The van der Waals surface area contributed by atoms with Gasteiger partial charge in [-0.3, -0.25) is 4.79 Å². The van der Waals surface area contributed by atoms with Gasteiger partial charge in [-0.2, -0.15) is 0 Å². The summed E-state index contributed by atoms with van der Waals surface area (Å²) in [5.74, 6) is 2.26. The topological polar surface area (TPSA) is 59.6 Å². The number of hydrogen-bond donors (Lipinski definition) is 2. The highest BCUT2D eigenvalue weighted by Crippen LogP contribution is 2.28. The molecule has 1 aliphatic rings. The van der Waals surface area contributed by atoms with E-state index < -0.39 is 0 Å². The molecule has 1 heterocycles. The zero-order chi connectivity index (χ0) is 19.8. The first kappa shape index (κ1) is 23.0. The Bertz CT molecular complexity index is 731. The molecule has 1 fully saturated rings. The van der Waals surface area contributed by atoms with Gasteiger partial charge >= 0.3 is 0 Å². The van der Waals surface area contributed by atoms with Crippen LogP contribution in [0.2, 0.25) is 0 Å². The van der Waals surface area contributed by atoms with Gasteiger partial charge in [0.25, 0.3) is 0 Å². The van der Waals surface area contributed by atoms with Crippen LogP contribution in [-0.2, 0) is 4.79 Å². The number of rotatable bonds is 8. The van der Waals surface area contributed by atoms with E-state index in [-0.39, 0.29) is 24.4 Å². The van der Waals surface area contributed by atoms with Crippen LogP contribution in [0.5, 0.6) is 11.5 Å². The van der Waals surface area contributed by atoms with Gasteiger partial charge in [-0.15, -0.1) is 12.4 Å². The van der Waals surface area contributed by atoms with Crippen LogP contribution in [0.3, 0.4) is 0 Å². The summed E-state index contributed by atoms with van der Waals surface area (Å²) in [5, 5.41) is 6.60. The van der Waals surface area contributed by atoms with E-state index in [1.54, 1.807) is 14.2 Å². The average molecular weight is 419 g/mol. The molecule has 3 rings (SSSR count). The van der Waals surface area contributed by atoms with E-state index in [1.165, 1.54) is 0 Å². The molecule has 0 bridgehead atoms. The Morgan fingerprint density at radius 2 is 1.59 bits per heavy atom. The van der Waals surface area contributed by atoms with Gasteiger partial charge < -0.3 is 20.1 Å². The molecule has 0 atom stereocenters. The average Bonchev–Trinajstić information content (AvgIpc) is 2.76. The molecule has 0 saturated carbocycles. The summed E-state index contributed by atoms with van der Waals surface area (Å²) in [6.07, 6.45) is 3.80. The van der Waals surface area contributed by atoms with Gasteiger partial charge in [-0.25, -0.2) is 0 Å². The molecule has 158 valence electrons. The highest BCUT2D eigenvalue weighted by atomic mass is 35.5. The predicted molar refractivity (Wildman–Crippen MR) is 118 cm³/mol. The number of ether oxygens (including phenoxy) is 2. The fourth-order valence-corrected chi connectivity index (χ4v) is 3.74. The van der Waals surface area contributed by atoms with E-state index >= 15 is 0 Å². The van der Waals surface area contributed by atoms with Gasteiger partial charge in [0.2, 0.25) is 5.91 Å². The summed E-state index contributed by atoms with van der Waals surface area (Å²) in [5.41, 5.74) is 1.98. The lowest BCUT2D eigenvalue weighted by molar-refractivity contribution is -0.121. The van der Waals surface area contributed by atoms with Crippen LogP contribution in [0, 0.1) is 5.92 Å². The lowest BCUT2D eigenvalue weighted by atomic mass is 9.92. The number of carbonyl (C=O) groups is 1. The number of amides is 1. The molecular formula is C23H31ClN2O3. The van der Waals surface area contributed by atoms with Gasteiger partial charge in [0, 0.05) is 6.42 Å². The third-order valence-corrected chi connectivity index (χ3v) is 5.40. The van der Waals surface area contributed by atoms with E-state index in [4.69, 9.17) is 9.47 Å². The second kappa shape index (κ2) is 11.7. The molecule has 0 aliphatic carbocycles. The van der Waals surface area contributed by atoms with Gasteiger partial charge in [-0.05, 0) is 73.7 Å². The quantitative estimate of drug-likeness (QED) is 0.677. The zero-order valence-electron chi connectivity index (χ0n) is 17.1. The van der Waals surface area contributed by atoms with Crippen molar-refractivity contribution in [2.24, 2.45) is 5.92 Å². The number of benzene rings is 2. The molecular weight excluding hydrogens is 388 g/mol. The molecule has 0 aromatic heterocycles. The number of halogens is 1. The van der Waals surface area contributed by atoms with Crippen molar-refractivity contribution >= 4 is 18.3 Å². The standard InChI is InChI=1S/C23H30N2O3.ClH/c1-27-20-7-3-5-18(15-20)23(19-6-4-8-21(16-19)28-2)25-22(26)10-9-17-11-13-24-14-12-17;/h3-8,15-17,23-24H,9-14H2,1-2H3,(H,25,26);1H. The molecule has 5 nitrogen and oxygen atoms in total. The Morgan fingerprint density at radius 3 is 2.10 bits per heavy atom. The van der Waals surface area contributed by atoms with E-state index in [9.17, 15) is 4.79 Å². The minimum atomic E-state index is -0.245. The smallest absolute Gasteiger partial charge is 0.220 e. The Hall–Kier alpha value is -2.24. The van der Waals surface area contributed by atoms with Crippen LogP contribution in [0.1, 0.15) is 42.9 Å². The molecule has 2 aromatic carbocycles. The third-order valence-electron chi connectivity index (χ3n) is 5.40. The summed E-state index contributed by atoms with van der Waals surface area (Å²) in [6.45, 7) is 2.12. The first-order valence-electron chi connectivity index (χ1n) is 9.97. The molecule has 0 radical (unpaired) electrons. The molecule has 6 heteroatoms. The van der Waals surface area contributed by atoms with Gasteiger partial charge in [0.15, 0.2) is 0 Å². The van der Waals surface area contributed by atoms with Crippen molar-refractivity contribution in [3.63, 3.8) is 0 Å². The summed E-state index contributed by atoms with van der Waals surface area (Å²) >= 11 is 0. The molecule has 29 heavy (non-hydrogen) atoms. The van der Waals surface area contributed by atoms with Crippen molar-refractivity contribution in [2.75, 3.05) is 27.3 Å². The van der Waals surface area contributed by atoms with E-state index in [0.29, 0.717) is 12.3 Å².